The van der Waals surface area contributed by atoms with Gasteiger partial charge in [0.05, 0.1) is 31.3 Å². The topological polar surface area (TPSA) is 58.1 Å². The normalized spacial score (nSPS) is 16.0. The highest BCUT2D eigenvalue weighted by atomic mass is 79.9. The first-order chi connectivity index (χ1) is 11.7. The zero-order chi connectivity index (χ0) is 17.2. The molecule has 1 heterocycles. The standard InChI is InChI=1S/C17H27BrN4O2/c1-3-19-17(20-6-7-22-8-10-24-11-9-22)21-13-14-4-5-16(23-2)15(18)12-14/h4-5,12H,3,6-11,13H2,1-2H3,(H2,19,20,21). The minimum absolute atomic E-state index is 0.621. The molecular weight excluding hydrogens is 372 g/mol. The number of benzene rings is 1. The first-order valence-electron chi connectivity index (χ1n) is 8.37. The lowest BCUT2D eigenvalue weighted by Crippen LogP contribution is -2.44. The second kappa shape index (κ2) is 10.5. The third-order valence-corrected chi connectivity index (χ3v) is 4.42. The molecule has 0 radical (unpaired) electrons. The molecule has 1 aromatic carbocycles. The second-order valence-electron chi connectivity index (χ2n) is 5.54. The van der Waals surface area contributed by atoms with E-state index in [2.05, 4.69) is 43.4 Å². The van der Waals surface area contributed by atoms with Crippen LogP contribution in [0.15, 0.2) is 27.7 Å². The van der Waals surface area contributed by atoms with Crippen LogP contribution in [0.3, 0.4) is 0 Å². The first-order valence-corrected chi connectivity index (χ1v) is 9.17. The van der Waals surface area contributed by atoms with E-state index in [1.54, 1.807) is 7.11 Å². The Morgan fingerprint density at radius 2 is 2.12 bits per heavy atom. The van der Waals surface area contributed by atoms with Crippen LogP contribution in [0.5, 0.6) is 5.75 Å². The van der Waals surface area contributed by atoms with Crippen molar-refractivity contribution in [2.45, 2.75) is 13.5 Å². The number of methoxy groups -OCH3 is 1. The summed E-state index contributed by atoms with van der Waals surface area (Å²) < 4.78 is 11.6. The summed E-state index contributed by atoms with van der Waals surface area (Å²) in [5.74, 6) is 1.68. The second-order valence-corrected chi connectivity index (χ2v) is 6.40. The van der Waals surface area contributed by atoms with Crippen LogP contribution in [0.1, 0.15) is 12.5 Å². The highest BCUT2D eigenvalue weighted by Gasteiger charge is 2.09. The zero-order valence-corrected chi connectivity index (χ0v) is 16.1. The smallest absolute Gasteiger partial charge is 0.191 e. The molecule has 1 aromatic rings. The number of hydrogen-bond donors (Lipinski definition) is 2. The monoisotopic (exact) mass is 398 g/mol. The fourth-order valence-corrected chi connectivity index (χ4v) is 3.07. The number of rotatable bonds is 7. The van der Waals surface area contributed by atoms with Gasteiger partial charge in [0.1, 0.15) is 5.75 Å². The van der Waals surface area contributed by atoms with Crippen molar-refractivity contribution in [1.29, 1.82) is 0 Å². The van der Waals surface area contributed by atoms with Gasteiger partial charge in [-0.1, -0.05) is 6.07 Å². The molecule has 0 saturated carbocycles. The van der Waals surface area contributed by atoms with Crippen LogP contribution in [-0.2, 0) is 11.3 Å². The maximum Gasteiger partial charge on any atom is 0.191 e. The quantitative estimate of drug-likeness (QED) is 0.542. The molecule has 0 spiro atoms. The minimum atomic E-state index is 0.621. The number of nitrogens with one attached hydrogen (secondary N) is 2. The van der Waals surface area contributed by atoms with Crippen LogP contribution in [-0.4, -0.2) is 63.9 Å². The molecule has 7 heteroatoms. The van der Waals surface area contributed by atoms with Crippen molar-refractivity contribution in [1.82, 2.24) is 15.5 Å². The predicted molar refractivity (Wildman–Crippen MR) is 101 cm³/mol. The lowest BCUT2D eigenvalue weighted by molar-refractivity contribution is 0.0389. The molecule has 2 N–H and O–H groups in total. The van der Waals surface area contributed by atoms with Gasteiger partial charge in [-0.15, -0.1) is 0 Å². The molecule has 0 atom stereocenters. The van der Waals surface area contributed by atoms with Gasteiger partial charge in [0, 0.05) is 32.7 Å². The Morgan fingerprint density at radius 3 is 2.79 bits per heavy atom. The van der Waals surface area contributed by atoms with Crippen LogP contribution in [0.2, 0.25) is 0 Å². The van der Waals surface area contributed by atoms with Gasteiger partial charge in [-0.05, 0) is 40.5 Å². The van der Waals surface area contributed by atoms with Gasteiger partial charge < -0.3 is 20.1 Å². The van der Waals surface area contributed by atoms with Crippen LogP contribution in [0.4, 0.5) is 0 Å². The molecule has 1 saturated heterocycles. The van der Waals surface area contributed by atoms with Crippen molar-refractivity contribution in [3.8, 4) is 5.75 Å². The summed E-state index contributed by atoms with van der Waals surface area (Å²) in [6, 6.07) is 6.03. The molecule has 6 nitrogen and oxygen atoms in total. The summed E-state index contributed by atoms with van der Waals surface area (Å²) in [4.78, 5) is 7.06. The van der Waals surface area contributed by atoms with Crippen molar-refractivity contribution < 1.29 is 9.47 Å². The number of nitrogens with zero attached hydrogens (tertiary/aromatic N) is 2. The first kappa shape index (κ1) is 19.0. The van der Waals surface area contributed by atoms with Crippen molar-refractivity contribution in [3.05, 3.63) is 28.2 Å². The summed E-state index contributed by atoms with van der Waals surface area (Å²) in [5, 5.41) is 6.68. The van der Waals surface area contributed by atoms with E-state index >= 15 is 0 Å². The van der Waals surface area contributed by atoms with E-state index in [9.17, 15) is 0 Å². The van der Waals surface area contributed by atoms with E-state index in [4.69, 9.17) is 9.47 Å². The Bertz CT molecular complexity index is 533. The lowest BCUT2D eigenvalue weighted by atomic mass is 10.2. The van der Waals surface area contributed by atoms with Gasteiger partial charge in [-0.2, -0.15) is 0 Å². The fraction of sp³-hybridized carbons (Fsp3) is 0.588. The van der Waals surface area contributed by atoms with Crippen LogP contribution in [0.25, 0.3) is 0 Å². The van der Waals surface area contributed by atoms with Gasteiger partial charge >= 0.3 is 0 Å². The van der Waals surface area contributed by atoms with Crippen molar-refractivity contribution >= 4 is 21.9 Å². The van der Waals surface area contributed by atoms with E-state index in [-0.39, 0.29) is 0 Å². The van der Waals surface area contributed by atoms with E-state index in [0.29, 0.717) is 6.54 Å². The third-order valence-electron chi connectivity index (χ3n) is 3.80. The summed E-state index contributed by atoms with van der Waals surface area (Å²) in [5.41, 5.74) is 1.13. The van der Waals surface area contributed by atoms with Crippen LogP contribution < -0.4 is 15.4 Å². The van der Waals surface area contributed by atoms with E-state index < -0.39 is 0 Å². The highest BCUT2D eigenvalue weighted by molar-refractivity contribution is 9.10. The van der Waals surface area contributed by atoms with Crippen molar-refractivity contribution in [2.75, 3.05) is 53.0 Å². The Labute approximate surface area is 152 Å². The molecule has 0 bridgehead atoms. The van der Waals surface area contributed by atoms with Crippen LogP contribution in [0, 0.1) is 0 Å². The number of ether oxygens (including phenoxy) is 2. The summed E-state index contributed by atoms with van der Waals surface area (Å²) in [6.45, 7) is 9.10. The van der Waals surface area contributed by atoms with Crippen LogP contribution >= 0.6 is 15.9 Å². The molecule has 0 unspecified atom stereocenters. The Hall–Kier alpha value is -1.31. The van der Waals surface area contributed by atoms with Gasteiger partial charge in [0.25, 0.3) is 0 Å². The molecule has 0 aromatic heterocycles. The van der Waals surface area contributed by atoms with E-state index in [1.807, 2.05) is 18.2 Å². The molecule has 134 valence electrons. The fourth-order valence-electron chi connectivity index (χ4n) is 2.48. The molecular formula is C17H27BrN4O2. The largest absolute Gasteiger partial charge is 0.496 e. The molecule has 0 aliphatic carbocycles. The zero-order valence-electron chi connectivity index (χ0n) is 14.5. The Morgan fingerprint density at radius 1 is 1.33 bits per heavy atom. The average Bonchev–Trinajstić information content (AvgIpc) is 2.60. The van der Waals surface area contributed by atoms with Gasteiger partial charge in [-0.3, -0.25) is 4.90 Å². The molecule has 2 rings (SSSR count). The van der Waals surface area contributed by atoms with Gasteiger partial charge in [0.2, 0.25) is 0 Å². The number of morpholine rings is 1. The predicted octanol–water partition coefficient (Wildman–Crippen LogP) is 1.84. The van der Waals surface area contributed by atoms with Gasteiger partial charge in [-0.25, -0.2) is 4.99 Å². The summed E-state index contributed by atoms with van der Waals surface area (Å²) >= 11 is 3.51. The molecule has 24 heavy (non-hydrogen) atoms. The van der Waals surface area contributed by atoms with E-state index in [1.165, 1.54) is 0 Å². The lowest BCUT2D eigenvalue weighted by Gasteiger charge is -2.26. The number of hydrogen-bond acceptors (Lipinski definition) is 4. The molecule has 1 fully saturated rings. The average molecular weight is 399 g/mol. The number of guanidine groups is 1. The highest BCUT2D eigenvalue weighted by Crippen LogP contribution is 2.25. The van der Waals surface area contributed by atoms with E-state index in [0.717, 1.165) is 67.7 Å². The van der Waals surface area contributed by atoms with Gasteiger partial charge in [0.15, 0.2) is 5.96 Å². The number of aliphatic imine (C=N–C) groups is 1. The summed E-state index contributed by atoms with van der Waals surface area (Å²) in [7, 11) is 1.67. The maximum absolute atomic E-state index is 5.37. The third kappa shape index (κ3) is 6.30. The SMILES string of the molecule is CCNC(=NCc1ccc(OC)c(Br)c1)NCCN1CCOCC1. The Balaban J connectivity index is 1.84. The van der Waals surface area contributed by atoms with Crippen molar-refractivity contribution in [2.24, 2.45) is 4.99 Å². The molecule has 0 amide bonds. The summed E-state index contributed by atoms with van der Waals surface area (Å²) in [6.07, 6.45) is 0. The maximum atomic E-state index is 5.37. The van der Waals surface area contributed by atoms with Crippen molar-refractivity contribution in [3.63, 3.8) is 0 Å². The molecule has 1 aliphatic rings. The molecule has 1 aliphatic heterocycles. The number of halogens is 1. The Kier molecular flexibility index (Phi) is 8.35. The minimum Gasteiger partial charge on any atom is -0.496 e.